The van der Waals surface area contributed by atoms with Crippen molar-refractivity contribution in [2.75, 3.05) is 0 Å². The molecule has 0 atom stereocenters. The molecule has 2 nitrogen and oxygen atoms in total. The van der Waals surface area contributed by atoms with Crippen molar-refractivity contribution >= 4 is 25.2 Å². The van der Waals surface area contributed by atoms with Crippen LogP contribution < -0.4 is 0 Å². The summed E-state index contributed by atoms with van der Waals surface area (Å²) >= 11 is 3.89. The summed E-state index contributed by atoms with van der Waals surface area (Å²) in [4.78, 5) is 20.9. The molecule has 0 radical (unpaired) electrons. The zero-order valence-corrected chi connectivity index (χ0v) is 6.85. The molecule has 1 aromatic carbocycles. The Bertz CT molecular complexity index is 307. The van der Waals surface area contributed by atoms with E-state index in [1.165, 1.54) is 12.1 Å². The van der Waals surface area contributed by atoms with Gasteiger partial charge in [-0.05, 0) is 12.1 Å². The molecule has 0 spiro atoms. The molecule has 0 aliphatic rings. The van der Waals surface area contributed by atoms with Gasteiger partial charge in [-0.25, -0.2) is 4.39 Å². The third-order valence-electron chi connectivity index (χ3n) is 1.37. The summed E-state index contributed by atoms with van der Waals surface area (Å²) in [7, 11) is 0. The van der Waals surface area contributed by atoms with E-state index >= 15 is 0 Å². The minimum absolute atomic E-state index is 0.149. The van der Waals surface area contributed by atoms with Gasteiger partial charge < -0.3 is 0 Å². The van der Waals surface area contributed by atoms with Gasteiger partial charge in [0.2, 0.25) is 0 Å². The first-order valence-corrected chi connectivity index (χ1v) is 3.56. The number of hydrogen-bond donors (Lipinski definition) is 1. The Morgan fingerprint density at radius 1 is 1.17 bits per heavy atom. The van der Waals surface area contributed by atoms with Crippen LogP contribution in [-0.2, 0) is 0 Å². The second kappa shape index (κ2) is 3.49. The maximum absolute atomic E-state index is 13.0. The van der Waals surface area contributed by atoms with E-state index < -0.39 is 5.82 Å². The van der Waals surface area contributed by atoms with Crippen molar-refractivity contribution in [3.63, 3.8) is 0 Å². The largest absolute Gasteiger partial charge is 0.298 e. The molecule has 4 heteroatoms. The predicted molar refractivity (Wildman–Crippen MR) is 44.4 cm³/mol. The van der Waals surface area contributed by atoms with Gasteiger partial charge in [0.15, 0.2) is 12.6 Å². The summed E-state index contributed by atoms with van der Waals surface area (Å²) in [5.74, 6) is -0.794. The zero-order chi connectivity index (χ0) is 9.14. The van der Waals surface area contributed by atoms with Crippen molar-refractivity contribution in [1.82, 2.24) is 0 Å². The van der Waals surface area contributed by atoms with Crippen molar-refractivity contribution in [2.24, 2.45) is 0 Å². The zero-order valence-electron chi connectivity index (χ0n) is 5.95. The van der Waals surface area contributed by atoms with Gasteiger partial charge in [0.05, 0.1) is 11.1 Å². The van der Waals surface area contributed by atoms with E-state index in [1.807, 2.05) is 0 Å². The Balaban J connectivity index is 3.41. The smallest absolute Gasteiger partial charge is 0.153 e. The number of thiol groups is 1. The van der Waals surface area contributed by atoms with Crippen molar-refractivity contribution in [3.05, 3.63) is 29.1 Å². The van der Waals surface area contributed by atoms with Crippen molar-refractivity contribution in [3.8, 4) is 0 Å². The first kappa shape index (κ1) is 8.93. The number of benzene rings is 1. The van der Waals surface area contributed by atoms with Crippen LogP contribution in [0.1, 0.15) is 20.7 Å². The van der Waals surface area contributed by atoms with Crippen molar-refractivity contribution < 1.29 is 14.0 Å². The highest BCUT2D eigenvalue weighted by Crippen LogP contribution is 2.15. The summed E-state index contributed by atoms with van der Waals surface area (Å²) in [5.41, 5.74) is -0.297. The normalized spacial score (nSPS) is 9.50. The number of aldehydes is 2. The van der Waals surface area contributed by atoms with E-state index in [4.69, 9.17) is 0 Å². The Morgan fingerprint density at radius 2 is 1.58 bits per heavy atom. The van der Waals surface area contributed by atoms with Crippen molar-refractivity contribution in [1.29, 1.82) is 0 Å². The second-order valence-corrected chi connectivity index (χ2v) is 2.69. The Hall–Kier alpha value is -1.16. The lowest BCUT2D eigenvalue weighted by molar-refractivity contribution is 0.111. The molecule has 0 aliphatic carbocycles. The summed E-state index contributed by atoms with van der Waals surface area (Å²) in [6.45, 7) is 0. The summed E-state index contributed by atoms with van der Waals surface area (Å²) < 4.78 is 13.0. The van der Waals surface area contributed by atoms with Crippen LogP contribution in [0.15, 0.2) is 17.0 Å². The number of hydrogen-bond acceptors (Lipinski definition) is 3. The predicted octanol–water partition coefficient (Wildman–Crippen LogP) is 1.74. The molecule has 0 unspecified atom stereocenters. The molecule has 0 aromatic heterocycles. The average molecular weight is 184 g/mol. The molecule has 0 bridgehead atoms. The minimum atomic E-state index is -0.794. The van der Waals surface area contributed by atoms with Gasteiger partial charge in [-0.2, -0.15) is 0 Å². The molecular weight excluding hydrogens is 179 g/mol. The van der Waals surface area contributed by atoms with Crippen LogP contribution in [0.25, 0.3) is 0 Å². The topological polar surface area (TPSA) is 34.1 Å². The highest BCUT2D eigenvalue weighted by atomic mass is 32.1. The number of halogens is 1. The number of carbonyl (C=O) groups is 2. The second-order valence-electron chi connectivity index (χ2n) is 2.17. The number of rotatable bonds is 2. The van der Waals surface area contributed by atoms with Gasteiger partial charge in [0.25, 0.3) is 0 Å². The van der Waals surface area contributed by atoms with Gasteiger partial charge in [0, 0.05) is 4.90 Å². The molecule has 0 N–H and O–H groups in total. The van der Waals surface area contributed by atoms with Crippen molar-refractivity contribution in [2.45, 2.75) is 4.90 Å². The number of carbonyl (C=O) groups excluding carboxylic acids is 2. The first-order chi connectivity index (χ1) is 5.69. The lowest BCUT2D eigenvalue weighted by atomic mass is 10.1. The molecule has 1 rings (SSSR count). The minimum Gasteiger partial charge on any atom is -0.298 e. The Kier molecular flexibility index (Phi) is 2.60. The Morgan fingerprint density at radius 3 is 1.92 bits per heavy atom. The quantitative estimate of drug-likeness (QED) is 0.561. The monoisotopic (exact) mass is 184 g/mol. The average Bonchev–Trinajstić information content (AvgIpc) is 2.08. The molecule has 0 heterocycles. The van der Waals surface area contributed by atoms with Crippen LogP contribution in [-0.4, -0.2) is 12.6 Å². The molecule has 0 saturated carbocycles. The molecule has 0 saturated heterocycles. The van der Waals surface area contributed by atoms with Gasteiger partial charge >= 0.3 is 0 Å². The van der Waals surface area contributed by atoms with Crippen LogP contribution in [0.5, 0.6) is 0 Å². The lowest BCUT2D eigenvalue weighted by Gasteiger charge is -1.99. The molecule has 0 aliphatic heterocycles. The van der Waals surface area contributed by atoms with Crippen LogP contribution in [0.4, 0.5) is 4.39 Å². The third kappa shape index (κ3) is 1.53. The van der Waals surface area contributed by atoms with Crippen LogP contribution in [0, 0.1) is 5.82 Å². The van der Waals surface area contributed by atoms with E-state index in [9.17, 15) is 14.0 Å². The SMILES string of the molecule is O=Cc1cc(S)cc(C=O)c1F. The van der Waals surface area contributed by atoms with Gasteiger partial charge in [-0.15, -0.1) is 12.6 Å². The van der Waals surface area contributed by atoms with E-state index in [0.29, 0.717) is 17.5 Å². The van der Waals surface area contributed by atoms with E-state index in [2.05, 4.69) is 12.6 Å². The fourth-order valence-electron chi connectivity index (χ4n) is 0.825. The Labute approximate surface area is 73.8 Å². The van der Waals surface area contributed by atoms with Gasteiger partial charge in [-0.1, -0.05) is 0 Å². The third-order valence-corrected chi connectivity index (χ3v) is 1.63. The molecular formula is C8H5FO2S. The first-order valence-electron chi connectivity index (χ1n) is 3.12. The van der Waals surface area contributed by atoms with E-state index in [1.54, 1.807) is 0 Å². The van der Waals surface area contributed by atoms with Gasteiger partial charge in [-0.3, -0.25) is 9.59 Å². The van der Waals surface area contributed by atoms with E-state index in [0.717, 1.165) is 0 Å². The summed E-state index contributed by atoms with van der Waals surface area (Å²) in [6.07, 6.45) is 0.699. The maximum atomic E-state index is 13.0. The molecule has 0 amide bonds. The summed E-state index contributed by atoms with van der Waals surface area (Å²) in [5, 5.41) is 0. The fraction of sp³-hybridized carbons (Fsp3) is 0. The molecule has 12 heavy (non-hydrogen) atoms. The molecule has 62 valence electrons. The van der Waals surface area contributed by atoms with Gasteiger partial charge in [0.1, 0.15) is 5.82 Å². The maximum Gasteiger partial charge on any atom is 0.153 e. The van der Waals surface area contributed by atoms with Crippen LogP contribution in [0.2, 0.25) is 0 Å². The molecule has 0 fully saturated rings. The fourth-order valence-corrected chi connectivity index (χ4v) is 1.10. The van der Waals surface area contributed by atoms with Crippen LogP contribution in [0.3, 0.4) is 0 Å². The summed E-state index contributed by atoms with van der Waals surface area (Å²) in [6, 6.07) is 2.52. The van der Waals surface area contributed by atoms with E-state index in [-0.39, 0.29) is 11.1 Å². The lowest BCUT2D eigenvalue weighted by Crippen LogP contribution is -1.94. The highest BCUT2D eigenvalue weighted by Gasteiger charge is 2.07. The standard InChI is InChI=1S/C8H5FO2S/c9-8-5(3-10)1-7(12)2-6(8)4-11/h1-4,12H. The highest BCUT2D eigenvalue weighted by molar-refractivity contribution is 7.80. The van der Waals surface area contributed by atoms with Crippen LogP contribution >= 0.6 is 12.6 Å². The molecule has 1 aromatic rings.